The number of rotatable bonds is 2. The van der Waals surface area contributed by atoms with Crippen molar-refractivity contribution in [3.63, 3.8) is 0 Å². The Labute approximate surface area is 231 Å². The molecule has 0 bridgehead atoms. The number of benzene rings is 2. The van der Waals surface area contributed by atoms with E-state index < -0.39 is 0 Å². The Morgan fingerprint density at radius 2 is 1.49 bits per heavy atom. The van der Waals surface area contributed by atoms with E-state index in [0.29, 0.717) is 5.71 Å². The number of fused-ring (bicyclic) bond motifs is 3. The number of nitrogens with zero attached hydrogens (tertiary/aromatic N) is 3. The molecule has 0 spiro atoms. The molecule has 2 aromatic carbocycles. The maximum Gasteiger partial charge on any atom is 0.216 e. The first-order chi connectivity index (χ1) is 17.4. The number of aromatic nitrogens is 3. The second-order valence-corrected chi connectivity index (χ2v) is 9.16. The average molecular weight is 662 g/mol. The standard InChI is InChI=1S/C18H13N2O.C14H14N.Ir/c1-11-6-9-16(19-10-11)15-5-3-4-13-14-8-7-12(2)20-18(14)21-17(13)15;1-10-4-6-13(7-5-10)14-8-11(2)12(3)9-15-14;/h3-4,6-10H,1-2H3;4-6,8-9H,1-3H3;/q2*-1;. The predicted molar refractivity (Wildman–Crippen MR) is 146 cm³/mol. The van der Waals surface area contributed by atoms with Crippen molar-refractivity contribution >= 4 is 22.1 Å². The summed E-state index contributed by atoms with van der Waals surface area (Å²) >= 11 is 0. The molecular weight excluding hydrogens is 635 g/mol. The summed E-state index contributed by atoms with van der Waals surface area (Å²) in [5.41, 5.74) is 11.1. The molecule has 6 aromatic rings. The van der Waals surface area contributed by atoms with Crippen LogP contribution >= 0.6 is 0 Å². The Kier molecular flexibility index (Phi) is 7.97. The molecular formula is C32H27IrN3O-2. The number of pyridine rings is 3. The van der Waals surface area contributed by atoms with Crippen LogP contribution in [0, 0.1) is 46.8 Å². The number of hydrogen-bond acceptors (Lipinski definition) is 4. The first-order valence-electron chi connectivity index (χ1n) is 11.9. The second-order valence-electron chi connectivity index (χ2n) is 9.16. The summed E-state index contributed by atoms with van der Waals surface area (Å²) in [6.45, 7) is 10.2. The molecule has 0 amide bonds. The van der Waals surface area contributed by atoms with Crippen molar-refractivity contribution in [1.29, 1.82) is 0 Å². The minimum Gasteiger partial charge on any atom is -0.486 e. The molecule has 0 unspecified atom stereocenters. The fraction of sp³-hybridized carbons (Fsp3) is 0.156. The van der Waals surface area contributed by atoms with Gasteiger partial charge in [-0.25, -0.2) is 4.98 Å². The van der Waals surface area contributed by atoms with Gasteiger partial charge in [-0.3, -0.25) is 0 Å². The summed E-state index contributed by atoms with van der Waals surface area (Å²) in [5.74, 6) is 0. The van der Waals surface area contributed by atoms with Gasteiger partial charge >= 0.3 is 0 Å². The minimum absolute atomic E-state index is 0. The molecule has 0 aliphatic heterocycles. The quantitative estimate of drug-likeness (QED) is 0.177. The normalized spacial score (nSPS) is 10.6. The molecule has 0 saturated carbocycles. The van der Waals surface area contributed by atoms with E-state index in [1.165, 1.54) is 16.7 Å². The zero-order valence-electron chi connectivity index (χ0n) is 21.5. The van der Waals surface area contributed by atoms with Crippen LogP contribution in [-0.4, -0.2) is 15.0 Å². The first-order valence-corrected chi connectivity index (χ1v) is 11.9. The van der Waals surface area contributed by atoms with Crippen molar-refractivity contribution < 1.29 is 24.5 Å². The molecule has 1 radical (unpaired) electrons. The molecule has 5 heteroatoms. The van der Waals surface area contributed by atoms with Gasteiger partial charge in [-0.2, -0.15) is 0 Å². The van der Waals surface area contributed by atoms with E-state index in [4.69, 9.17) is 4.42 Å². The molecule has 0 aliphatic rings. The van der Waals surface area contributed by atoms with Crippen LogP contribution in [0.25, 0.3) is 44.6 Å². The fourth-order valence-electron chi connectivity index (χ4n) is 3.95. The zero-order valence-corrected chi connectivity index (χ0v) is 23.9. The number of hydrogen-bond donors (Lipinski definition) is 0. The van der Waals surface area contributed by atoms with Crippen molar-refractivity contribution in [2.75, 3.05) is 0 Å². The van der Waals surface area contributed by atoms with Crippen LogP contribution in [0.2, 0.25) is 0 Å². The first kappa shape index (κ1) is 26.4. The summed E-state index contributed by atoms with van der Waals surface area (Å²) in [6, 6.07) is 26.7. The molecule has 0 saturated heterocycles. The summed E-state index contributed by atoms with van der Waals surface area (Å²) in [4.78, 5) is 13.3. The molecule has 0 N–H and O–H groups in total. The van der Waals surface area contributed by atoms with Crippen molar-refractivity contribution in [3.8, 4) is 22.5 Å². The maximum atomic E-state index is 5.97. The van der Waals surface area contributed by atoms with E-state index in [0.717, 1.165) is 50.1 Å². The molecule has 4 nitrogen and oxygen atoms in total. The molecule has 0 aliphatic carbocycles. The van der Waals surface area contributed by atoms with E-state index >= 15 is 0 Å². The Morgan fingerprint density at radius 3 is 2.19 bits per heavy atom. The number of aryl methyl sites for hydroxylation is 5. The summed E-state index contributed by atoms with van der Waals surface area (Å²) < 4.78 is 5.97. The van der Waals surface area contributed by atoms with E-state index in [9.17, 15) is 0 Å². The molecule has 0 fully saturated rings. The van der Waals surface area contributed by atoms with Gasteiger partial charge in [-0.1, -0.05) is 41.6 Å². The van der Waals surface area contributed by atoms with Crippen LogP contribution in [0.15, 0.2) is 77.5 Å². The van der Waals surface area contributed by atoms with Gasteiger partial charge in [0.1, 0.15) is 0 Å². The molecule has 4 aromatic heterocycles. The summed E-state index contributed by atoms with van der Waals surface area (Å²) in [7, 11) is 0. The monoisotopic (exact) mass is 662 g/mol. The third kappa shape index (κ3) is 5.69. The van der Waals surface area contributed by atoms with Crippen molar-refractivity contribution in [1.82, 2.24) is 15.0 Å². The second kappa shape index (κ2) is 11.2. The molecule has 0 atom stereocenters. The smallest absolute Gasteiger partial charge is 0.216 e. The summed E-state index contributed by atoms with van der Waals surface area (Å²) in [6.07, 6.45) is 3.77. The van der Waals surface area contributed by atoms with E-state index in [-0.39, 0.29) is 20.1 Å². The molecule has 187 valence electrons. The zero-order chi connectivity index (χ0) is 25.2. The Hall–Kier alpha value is -3.66. The van der Waals surface area contributed by atoms with Crippen molar-refractivity contribution in [2.24, 2.45) is 0 Å². The van der Waals surface area contributed by atoms with Crippen LogP contribution in [0.3, 0.4) is 0 Å². The maximum absolute atomic E-state index is 5.97. The molecule has 4 heterocycles. The Morgan fingerprint density at radius 1 is 0.703 bits per heavy atom. The van der Waals surface area contributed by atoms with Gasteiger partial charge in [-0.05, 0) is 62.3 Å². The van der Waals surface area contributed by atoms with Gasteiger partial charge in [0.05, 0.1) is 5.58 Å². The van der Waals surface area contributed by atoms with Gasteiger partial charge < -0.3 is 14.4 Å². The van der Waals surface area contributed by atoms with Crippen LogP contribution in [0.1, 0.15) is 27.9 Å². The Balaban J connectivity index is 0.000000178. The molecule has 37 heavy (non-hydrogen) atoms. The SMILES string of the molecule is Cc1c[c-]c(-c2cc(C)c(C)cn2)cc1.Cc1ccc(-c2[c-]ccc3c2oc2nc(C)ccc23)nc1.[Ir]. The van der Waals surface area contributed by atoms with Gasteiger partial charge in [0.15, 0.2) is 0 Å². The van der Waals surface area contributed by atoms with Crippen LogP contribution in [0.4, 0.5) is 0 Å². The van der Waals surface area contributed by atoms with Crippen LogP contribution < -0.4 is 0 Å². The Bertz CT molecular complexity index is 1670. The van der Waals surface area contributed by atoms with Crippen molar-refractivity contribution in [3.05, 3.63) is 113 Å². The third-order valence-corrected chi connectivity index (χ3v) is 6.22. The van der Waals surface area contributed by atoms with Crippen LogP contribution in [-0.2, 0) is 20.1 Å². The van der Waals surface area contributed by atoms with Gasteiger partial charge in [0, 0.05) is 43.6 Å². The third-order valence-electron chi connectivity index (χ3n) is 6.22. The topological polar surface area (TPSA) is 51.8 Å². The van der Waals surface area contributed by atoms with E-state index in [1.54, 1.807) is 0 Å². The van der Waals surface area contributed by atoms with E-state index in [1.807, 2.05) is 62.6 Å². The average Bonchev–Trinajstić information content (AvgIpc) is 3.25. The van der Waals surface area contributed by atoms with Gasteiger partial charge in [0.25, 0.3) is 0 Å². The predicted octanol–water partition coefficient (Wildman–Crippen LogP) is 7.93. The largest absolute Gasteiger partial charge is 0.486 e. The van der Waals surface area contributed by atoms with E-state index in [2.05, 4.69) is 72.1 Å². The fourth-order valence-corrected chi connectivity index (χ4v) is 3.95. The van der Waals surface area contributed by atoms with Gasteiger partial charge in [0.2, 0.25) is 5.71 Å². The molecule has 6 rings (SSSR count). The minimum atomic E-state index is 0. The van der Waals surface area contributed by atoms with Crippen LogP contribution in [0.5, 0.6) is 0 Å². The van der Waals surface area contributed by atoms with Gasteiger partial charge in [-0.15, -0.1) is 53.6 Å². The summed E-state index contributed by atoms with van der Waals surface area (Å²) in [5, 5.41) is 2.08. The van der Waals surface area contributed by atoms with Crippen molar-refractivity contribution in [2.45, 2.75) is 34.6 Å². The number of furan rings is 1.